The highest BCUT2D eigenvalue weighted by atomic mass is 35.5. The summed E-state index contributed by atoms with van der Waals surface area (Å²) in [7, 11) is 0. The zero-order valence-corrected chi connectivity index (χ0v) is 13.6. The van der Waals surface area contributed by atoms with Crippen molar-refractivity contribution in [2.75, 3.05) is 32.7 Å². The minimum atomic E-state index is -1.18. The van der Waals surface area contributed by atoms with E-state index in [4.69, 9.17) is 5.11 Å². The second kappa shape index (κ2) is 7.51. The van der Waals surface area contributed by atoms with Crippen LogP contribution in [0.15, 0.2) is 18.2 Å². The van der Waals surface area contributed by atoms with Crippen LogP contribution in [0.2, 0.25) is 0 Å². The van der Waals surface area contributed by atoms with Crippen molar-refractivity contribution >= 4 is 24.4 Å². The van der Waals surface area contributed by atoms with Crippen molar-refractivity contribution < 1.29 is 19.1 Å². The maximum Gasteiger partial charge on any atom is 0.335 e. The predicted octanol–water partition coefficient (Wildman–Crippen LogP) is 1.01. The van der Waals surface area contributed by atoms with E-state index in [1.807, 2.05) is 4.90 Å². The van der Waals surface area contributed by atoms with Crippen molar-refractivity contribution in [1.29, 1.82) is 0 Å². The molecule has 0 saturated carbocycles. The lowest BCUT2D eigenvalue weighted by Crippen LogP contribution is -2.49. The van der Waals surface area contributed by atoms with Gasteiger partial charge in [0, 0.05) is 26.2 Å². The Kier molecular flexibility index (Phi) is 5.65. The Morgan fingerprint density at radius 3 is 2.92 bits per heavy atom. The number of aromatic carboxylic acids is 1. The van der Waals surface area contributed by atoms with Crippen molar-refractivity contribution in [2.24, 2.45) is 0 Å². The minimum absolute atomic E-state index is 0. The van der Waals surface area contributed by atoms with E-state index in [0.717, 1.165) is 19.2 Å². The standard InChI is InChI=1S/C16H16FN3O3.ClH/c17-14-8-12(15(21)22)4-3-11(14)2-1-6-19-10-13-9-18-5-7-20(13)16(19)23;/h3-4,8,13,18H,5-7,9-10H2,(H,21,22);1H/t13-;/m0./s1. The van der Waals surface area contributed by atoms with Gasteiger partial charge in [-0.05, 0) is 18.2 Å². The molecule has 0 radical (unpaired) electrons. The monoisotopic (exact) mass is 353 g/mol. The molecule has 8 heteroatoms. The molecule has 24 heavy (non-hydrogen) atoms. The molecule has 0 aliphatic carbocycles. The van der Waals surface area contributed by atoms with Crippen molar-refractivity contribution in [3.05, 3.63) is 35.1 Å². The molecule has 0 aromatic heterocycles. The lowest BCUT2D eigenvalue weighted by atomic mass is 10.1. The van der Waals surface area contributed by atoms with E-state index < -0.39 is 11.8 Å². The summed E-state index contributed by atoms with van der Waals surface area (Å²) < 4.78 is 13.8. The Labute approximate surface area is 145 Å². The molecular weight excluding hydrogens is 337 g/mol. The molecule has 2 fully saturated rings. The van der Waals surface area contributed by atoms with Crippen LogP contribution in [-0.4, -0.2) is 65.7 Å². The topological polar surface area (TPSA) is 72.9 Å². The minimum Gasteiger partial charge on any atom is -0.478 e. The molecule has 0 unspecified atom stereocenters. The van der Waals surface area contributed by atoms with Crippen molar-refractivity contribution in [2.45, 2.75) is 6.04 Å². The third-order valence-electron chi connectivity index (χ3n) is 4.01. The number of carbonyl (C=O) groups is 2. The van der Waals surface area contributed by atoms with Gasteiger partial charge in [-0.2, -0.15) is 0 Å². The zero-order chi connectivity index (χ0) is 16.4. The number of piperazine rings is 1. The van der Waals surface area contributed by atoms with Crippen molar-refractivity contribution in [1.82, 2.24) is 15.1 Å². The van der Waals surface area contributed by atoms with E-state index >= 15 is 0 Å². The number of fused-ring (bicyclic) bond motifs is 1. The molecule has 3 rings (SSSR count). The summed E-state index contributed by atoms with van der Waals surface area (Å²) in [4.78, 5) is 26.4. The van der Waals surface area contributed by atoms with E-state index in [1.165, 1.54) is 12.1 Å². The number of carbonyl (C=O) groups excluding carboxylic acids is 1. The average Bonchev–Trinajstić information content (AvgIpc) is 2.85. The van der Waals surface area contributed by atoms with Gasteiger partial charge in [-0.15, -0.1) is 12.4 Å². The van der Waals surface area contributed by atoms with Crippen LogP contribution in [0.5, 0.6) is 0 Å². The number of carboxylic acids is 1. The summed E-state index contributed by atoms with van der Waals surface area (Å²) >= 11 is 0. The fourth-order valence-electron chi connectivity index (χ4n) is 2.80. The molecule has 2 N–H and O–H groups in total. The normalized spacial score (nSPS) is 19.2. The van der Waals surface area contributed by atoms with Crippen LogP contribution in [0.3, 0.4) is 0 Å². The van der Waals surface area contributed by atoms with Gasteiger partial charge < -0.3 is 20.2 Å². The lowest BCUT2D eigenvalue weighted by Gasteiger charge is -2.28. The lowest BCUT2D eigenvalue weighted by molar-refractivity contribution is 0.0696. The maximum absolute atomic E-state index is 13.8. The molecule has 2 heterocycles. The van der Waals surface area contributed by atoms with Gasteiger partial charge in [-0.25, -0.2) is 14.0 Å². The molecule has 1 atom stereocenters. The molecule has 128 valence electrons. The van der Waals surface area contributed by atoms with Gasteiger partial charge in [0.05, 0.1) is 23.7 Å². The highest BCUT2D eigenvalue weighted by Crippen LogP contribution is 2.16. The summed E-state index contributed by atoms with van der Waals surface area (Å²) in [5.74, 6) is 3.60. The SMILES string of the molecule is Cl.O=C(O)c1ccc(C#CCN2C[C@@H]3CNCCN3C2=O)c(F)c1. The molecular formula is C16H17ClFN3O3. The molecule has 2 aliphatic heterocycles. The smallest absolute Gasteiger partial charge is 0.335 e. The Morgan fingerprint density at radius 2 is 2.25 bits per heavy atom. The molecule has 1 aromatic carbocycles. The Morgan fingerprint density at radius 1 is 1.46 bits per heavy atom. The van der Waals surface area contributed by atoms with Gasteiger partial charge in [0.1, 0.15) is 5.82 Å². The molecule has 2 aliphatic rings. The average molecular weight is 354 g/mol. The second-order valence-electron chi connectivity index (χ2n) is 5.52. The van der Waals surface area contributed by atoms with E-state index in [1.54, 1.807) is 4.90 Å². The van der Waals surface area contributed by atoms with Gasteiger partial charge in [0.25, 0.3) is 0 Å². The largest absolute Gasteiger partial charge is 0.478 e. The number of nitrogens with zero attached hydrogens (tertiary/aromatic N) is 2. The van der Waals surface area contributed by atoms with Crippen LogP contribution in [0.25, 0.3) is 0 Å². The summed E-state index contributed by atoms with van der Waals surface area (Å²) in [5, 5.41) is 12.0. The molecule has 2 amide bonds. The number of nitrogens with one attached hydrogen (secondary N) is 1. The predicted molar refractivity (Wildman–Crippen MR) is 87.8 cm³/mol. The molecule has 0 bridgehead atoms. The quantitative estimate of drug-likeness (QED) is 0.778. The summed E-state index contributed by atoms with van der Waals surface area (Å²) in [6, 6.07) is 3.73. The Balaban J connectivity index is 0.00000208. The second-order valence-corrected chi connectivity index (χ2v) is 5.52. The highest BCUT2D eigenvalue weighted by Gasteiger charge is 2.37. The number of hydrogen-bond acceptors (Lipinski definition) is 3. The maximum atomic E-state index is 13.8. The van der Waals surface area contributed by atoms with E-state index in [2.05, 4.69) is 17.2 Å². The fourth-order valence-corrected chi connectivity index (χ4v) is 2.80. The highest BCUT2D eigenvalue weighted by molar-refractivity contribution is 5.87. The van der Waals surface area contributed by atoms with Gasteiger partial charge in [0.2, 0.25) is 0 Å². The van der Waals surface area contributed by atoms with Crippen LogP contribution in [0.1, 0.15) is 15.9 Å². The summed E-state index contributed by atoms with van der Waals surface area (Å²) in [6.45, 7) is 3.11. The van der Waals surface area contributed by atoms with E-state index in [0.29, 0.717) is 13.1 Å². The first kappa shape index (κ1) is 18.0. The number of carboxylic acid groups (broad SMARTS) is 1. The number of rotatable bonds is 2. The van der Waals surface area contributed by atoms with Crippen LogP contribution >= 0.6 is 12.4 Å². The summed E-state index contributed by atoms with van der Waals surface area (Å²) in [5.41, 5.74) is 0.00757. The van der Waals surface area contributed by atoms with Gasteiger partial charge in [0.15, 0.2) is 0 Å². The molecule has 1 aromatic rings. The Bertz CT molecular complexity index is 716. The van der Waals surface area contributed by atoms with E-state index in [9.17, 15) is 14.0 Å². The third-order valence-corrected chi connectivity index (χ3v) is 4.01. The summed E-state index contributed by atoms with van der Waals surface area (Å²) in [6.07, 6.45) is 0. The zero-order valence-electron chi connectivity index (χ0n) is 12.8. The number of halogens is 2. The number of hydrogen-bond donors (Lipinski definition) is 2. The van der Waals surface area contributed by atoms with Gasteiger partial charge >= 0.3 is 12.0 Å². The molecule has 0 spiro atoms. The number of amides is 2. The van der Waals surface area contributed by atoms with E-state index in [-0.39, 0.29) is 42.2 Å². The van der Waals surface area contributed by atoms with Crippen LogP contribution in [0.4, 0.5) is 9.18 Å². The van der Waals surface area contributed by atoms with Gasteiger partial charge in [-0.3, -0.25) is 0 Å². The fraction of sp³-hybridized carbons (Fsp3) is 0.375. The van der Waals surface area contributed by atoms with Crippen molar-refractivity contribution in [3.63, 3.8) is 0 Å². The third kappa shape index (κ3) is 3.61. The molecule has 2 saturated heterocycles. The van der Waals surface area contributed by atoms with Crippen LogP contribution < -0.4 is 5.32 Å². The van der Waals surface area contributed by atoms with Crippen LogP contribution in [-0.2, 0) is 0 Å². The van der Waals surface area contributed by atoms with Crippen molar-refractivity contribution in [3.8, 4) is 11.8 Å². The van der Waals surface area contributed by atoms with Gasteiger partial charge in [-0.1, -0.05) is 11.8 Å². The number of benzene rings is 1. The first-order valence-electron chi connectivity index (χ1n) is 7.34. The first-order valence-corrected chi connectivity index (χ1v) is 7.34. The Hall–Kier alpha value is -2.30. The first-order chi connectivity index (χ1) is 11.1. The molecule has 6 nitrogen and oxygen atoms in total. The van der Waals surface area contributed by atoms with Crippen LogP contribution in [0, 0.1) is 17.7 Å². The number of urea groups is 1.